The van der Waals surface area contributed by atoms with Gasteiger partial charge in [0.2, 0.25) is 0 Å². The van der Waals surface area contributed by atoms with Gasteiger partial charge in [0.25, 0.3) is 5.91 Å². The Morgan fingerprint density at radius 1 is 1.43 bits per heavy atom. The van der Waals surface area contributed by atoms with Crippen molar-refractivity contribution in [2.45, 2.75) is 49.3 Å². The highest BCUT2D eigenvalue weighted by atomic mass is 35.5. The average molecular weight is 343 g/mol. The number of amides is 1. The molecule has 23 heavy (non-hydrogen) atoms. The second-order valence-corrected chi connectivity index (χ2v) is 7.06. The Hall–Kier alpha value is -1.37. The van der Waals surface area contributed by atoms with Crippen LogP contribution in [-0.4, -0.2) is 34.8 Å². The van der Waals surface area contributed by atoms with Crippen LogP contribution in [0, 0.1) is 5.82 Å². The van der Waals surface area contributed by atoms with Gasteiger partial charge in [-0.15, -0.1) is 0 Å². The molecule has 1 unspecified atom stereocenters. The second-order valence-electron chi connectivity index (χ2n) is 6.65. The predicted octanol–water partition coefficient (Wildman–Crippen LogP) is 1.75. The van der Waals surface area contributed by atoms with E-state index in [1.165, 1.54) is 12.1 Å². The normalized spacial score (nSPS) is 32.6. The maximum absolute atomic E-state index is 13.3. The van der Waals surface area contributed by atoms with Gasteiger partial charge < -0.3 is 20.9 Å². The molecular weight excluding hydrogens is 323 g/mol. The zero-order chi connectivity index (χ0) is 16.7. The molecule has 1 atom stereocenters. The summed E-state index contributed by atoms with van der Waals surface area (Å²) in [5.74, 6) is -0.711. The molecule has 4 rings (SSSR count). The van der Waals surface area contributed by atoms with Crippen molar-refractivity contribution in [3.05, 3.63) is 29.0 Å². The molecular formula is C16H20ClFN2O3. The number of fused-ring (bicyclic) bond motifs is 3. The van der Waals surface area contributed by atoms with Crippen LogP contribution < -0.4 is 15.8 Å². The third kappa shape index (κ3) is 3.29. The van der Waals surface area contributed by atoms with E-state index in [4.69, 9.17) is 22.1 Å². The molecule has 0 heterocycles. The molecule has 5 nitrogen and oxygen atoms in total. The lowest BCUT2D eigenvalue weighted by Crippen LogP contribution is -2.69. The van der Waals surface area contributed by atoms with E-state index in [1.54, 1.807) is 0 Å². The molecule has 1 aromatic carbocycles. The summed E-state index contributed by atoms with van der Waals surface area (Å²) >= 11 is 5.59. The van der Waals surface area contributed by atoms with Crippen molar-refractivity contribution in [2.75, 3.05) is 6.61 Å². The molecule has 3 aliphatic rings. The molecule has 0 aliphatic heterocycles. The number of nitrogens with two attached hydrogens (primary N) is 1. The zero-order valence-electron chi connectivity index (χ0n) is 12.6. The van der Waals surface area contributed by atoms with Gasteiger partial charge in [-0.05, 0) is 44.2 Å². The van der Waals surface area contributed by atoms with Crippen LogP contribution in [0.4, 0.5) is 4.39 Å². The lowest BCUT2D eigenvalue weighted by Gasteiger charge is -2.54. The fourth-order valence-electron chi connectivity index (χ4n) is 3.55. The van der Waals surface area contributed by atoms with Crippen molar-refractivity contribution >= 4 is 17.5 Å². The number of aliphatic hydroxyl groups is 1. The van der Waals surface area contributed by atoms with E-state index in [0.717, 1.165) is 18.9 Å². The molecule has 1 aromatic rings. The van der Waals surface area contributed by atoms with Gasteiger partial charge in [0.15, 0.2) is 6.61 Å². The first-order chi connectivity index (χ1) is 10.8. The molecule has 3 saturated carbocycles. The van der Waals surface area contributed by atoms with Crippen LogP contribution in [0.3, 0.4) is 0 Å². The summed E-state index contributed by atoms with van der Waals surface area (Å²) in [5.41, 5.74) is 5.27. The molecule has 3 aliphatic carbocycles. The average Bonchev–Trinajstić information content (AvgIpc) is 2.50. The SMILES string of the molecule is NC12CCC(NC(=O)COc3ccc(Cl)c(F)c3)(CC1)C(O)C2. The Labute approximate surface area is 138 Å². The Morgan fingerprint density at radius 3 is 2.74 bits per heavy atom. The van der Waals surface area contributed by atoms with Crippen LogP contribution in [0.5, 0.6) is 5.75 Å². The number of halogens is 2. The smallest absolute Gasteiger partial charge is 0.258 e. The Kier molecular flexibility index (Phi) is 4.25. The molecule has 3 fully saturated rings. The fourth-order valence-corrected chi connectivity index (χ4v) is 3.67. The molecule has 0 spiro atoms. The number of carbonyl (C=O) groups excluding carboxylic acids is 1. The van der Waals surface area contributed by atoms with Crippen LogP contribution in [-0.2, 0) is 4.79 Å². The number of rotatable bonds is 4. The number of benzene rings is 1. The largest absolute Gasteiger partial charge is 0.484 e. The van der Waals surface area contributed by atoms with E-state index >= 15 is 0 Å². The summed E-state index contributed by atoms with van der Waals surface area (Å²) < 4.78 is 18.6. The van der Waals surface area contributed by atoms with Gasteiger partial charge in [0, 0.05) is 11.6 Å². The molecule has 4 N–H and O–H groups in total. The van der Waals surface area contributed by atoms with Crippen molar-refractivity contribution in [1.29, 1.82) is 0 Å². The summed E-state index contributed by atoms with van der Waals surface area (Å²) in [6, 6.07) is 4.00. The van der Waals surface area contributed by atoms with E-state index in [2.05, 4.69) is 5.32 Å². The molecule has 2 bridgehead atoms. The predicted molar refractivity (Wildman–Crippen MR) is 83.8 cm³/mol. The molecule has 126 valence electrons. The minimum Gasteiger partial charge on any atom is -0.484 e. The van der Waals surface area contributed by atoms with Gasteiger partial charge in [-0.1, -0.05) is 11.6 Å². The van der Waals surface area contributed by atoms with Gasteiger partial charge in [-0.25, -0.2) is 4.39 Å². The number of nitrogens with one attached hydrogen (secondary N) is 1. The van der Waals surface area contributed by atoms with Gasteiger partial charge >= 0.3 is 0 Å². The van der Waals surface area contributed by atoms with Gasteiger partial charge in [-0.3, -0.25) is 4.79 Å². The lowest BCUT2D eigenvalue weighted by atomic mass is 9.60. The number of aliphatic hydroxyl groups excluding tert-OH is 1. The monoisotopic (exact) mass is 342 g/mol. The van der Waals surface area contributed by atoms with E-state index in [0.29, 0.717) is 19.3 Å². The minimum atomic E-state index is -0.646. The molecule has 1 amide bonds. The number of hydrogen-bond acceptors (Lipinski definition) is 4. The maximum Gasteiger partial charge on any atom is 0.258 e. The lowest BCUT2D eigenvalue weighted by molar-refractivity contribution is -0.131. The standard InChI is InChI=1S/C16H20ClFN2O3/c17-11-2-1-10(7-12(11)18)23-9-14(22)20-16-5-3-15(19,4-6-16)8-13(16)21/h1-2,7,13,21H,3-6,8-9,19H2,(H,20,22). The Balaban J connectivity index is 1.58. The first-order valence-corrected chi connectivity index (χ1v) is 8.06. The molecule has 0 radical (unpaired) electrons. The summed E-state index contributed by atoms with van der Waals surface area (Å²) in [4.78, 5) is 12.1. The van der Waals surface area contributed by atoms with E-state index in [-0.39, 0.29) is 28.8 Å². The summed E-state index contributed by atoms with van der Waals surface area (Å²) in [6.07, 6.45) is 2.74. The minimum absolute atomic E-state index is 0.00140. The van der Waals surface area contributed by atoms with Crippen LogP contribution in [0.1, 0.15) is 32.1 Å². The summed E-state index contributed by atoms with van der Waals surface area (Å²) in [7, 11) is 0. The maximum atomic E-state index is 13.3. The van der Waals surface area contributed by atoms with Crippen molar-refractivity contribution in [2.24, 2.45) is 5.73 Å². The first kappa shape index (κ1) is 16.5. The molecule has 0 aromatic heterocycles. The van der Waals surface area contributed by atoms with E-state index in [9.17, 15) is 14.3 Å². The number of ether oxygens (including phenoxy) is 1. The third-order valence-electron chi connectivity index (χ3n) is 5.03. The third-order valence-corrected chi connectivity index (χ3v) is 5.33. The Bertz CT molecular complexity index is 617. The van der Waals surface area contributed by atoms with Gasteiger partial charge in [0.05, 0.1) is 16.7 Å². The van der Waals surface area contributed by atoms with Crippen LogP contribution in [0.2, 0.25) is 5.02 Å². The molecule has 0 saturated heterocycles. The second kappa shape index (κ2) is 5.92. The summed E-state index contributed by atoms with van der Waals surface area (Å²) in [6.45, 7) is -0.247. The fraction of sp³-hybridized carbons (Fsp3) is 0.562. The van der Waals surface area contributed by atoms with Crippen molar-refractivity contribution < 1.29 is 19.0 Å². The highest BCUT2D eigenvalue weighted by Gasteiger charge is 2.53. The quantitative estimate of drug-likeness (QED) is 0.778. The van der Waals surface area contributed by atoms with Crippen molar-refractivity contribution in [3.8, 4) is 5.75 Å². The van der Waals surface area contributed by atoms with E-state index < -0.39 is 17.5 Å². The molecule has 7 heteroatoms. The van der Waals surface area contributed by atoms with Crippen LogP contribution in [0.25, 0.3) is 0 Å². The highest BCUT2D eigenvalue weighted by molar-refractivity contribution is 6.30. The Morgan fingerprint density at radius 2 is 2.13 bits per heavy atom. The van der Waals surface area contributed by atoms with Gasteiger partial charge in [-0.2, -0.15) is 0 Å². The number of hydrogen-bond donors (Lipinski definition) is 3. The zero-order valence-corrected chi connectivity index (χ0v) is 13.4. The van der Waals surface area contributed by atoms with E-state index in [1.807, 2.05) is 0 Å². The summed E-state index contributed by atoms with van der Waals surface area (Å²) in [5, 5.41) is 13.2. The highest BCUT2D eigenvalue weighted by Crippen LogP contribution is 2.45. The topological polar surface area (TPSA) is 84.6 Å². The van der Waals surface area contributed by atoms with Crippen LogP contribution >= 0.6 is 11.6 Å². The van der Waals surface area contributed by atoms with Crippen LogP contribution in [0.15, 0.2) is 18.2 Å². The van der Waals surface area contributed by atoms with Crippen molar-refractivity contribution in [1.82, 2.24) is 5.32 Å². The van der Waals surface area contributed by atoms with Gasteiger partial charge in [0.1, 0.15) is 11.6 Å². The number of carbonyl (C=O) groups is 1. The van der Waals surface area contributed by atoms with Crippen molar-refractivity contribution in [3.63, 3.8) is 0 Å². The first-order valence-electron chi connectivity index (χ1n) is 7.68.